The number of anilines is 1. The van der Waals surface area contributed by atoms with Crippen molar-refractivity contribution in [3.63, 3.8) is 0 Å². The summed E-state index contributed by atoms with van der Waals surface area (Å²) >= 11 is 0. The van der Waals surface area contributed by atoms with Gasteiger partial charge >= 0.3 is 0 Å². The van der Waals surface area contributed by atoms with Crippen LogP contribution in [0.5, 0.6) is 5.75 Å². The van der Waals surface area contributed by atoms with Crippen LogP contribution in [0, 0.1) is 0 Å². The van der Waals surface area contributed by atoms with Crippen molar-refractivity contribution in [3.8, 4) is 5.75 Å². The Balaban J connectivity index is 1.97. The van der Waals surface area contributed by atoms with Crippen molar-refractivity contribution < 1.29 is 9.53 Å². The summed E-state index contributed by atoms with van der Waals surface area (Å²) in [7, 11) is 3.35. The van der Waals surface area contributed by atoms with Gasteiger partial charge in [-0.25, -0.2) is 9.97 Å². The van der Waals surface area contributed by atoms with E-state index in [0.29, 0.717) is 12.4 Å². The van der Waals surface area contributed by atoms with Crippen LogP contribution < -0.4 is 15.4 Å². The van der Waals surface area contributed by atoms with Crippen molar-refractivity contribution in [2.45, 2.75) is 6.54 Å². The number of amides is 1. The smallest absolute Gasteiger partial charge is 0.271 e. The van der Waals surface area contributed by atoms with Crippen LogP contribution >= 0.6 is 0 Å². The molecular weight excluding hydrogens is 256 g/mol. The molecular formula is C14H16N4O2. The summed E-state index contributed by atoms with van der Waals surface area (Å²) in [5, 5.41) is 5.63. The number of hydrogen-bond donors (Lipinski definition) is 2. The summed E-state index contributed by atoms with van der Waals surface area (Å²) in [5.74, 6) is 1.12. The Morgan fingerprint density at radius 2 is 2.15 bits per heavy atom. The second kappa shape index (κ2) is 6.51. The fourth-order valence-electron chi connectivity index (χ4n) is 1.63. The lowest BCUT2D eigenvalue weighted by Crippen LogP contribution is -2.24. The number of benzene rings is 1. The molecule has 2 N–H and O–H groups in total. The molecule has 104 valence electrons. The average molecular weight is 272 g/mol. The van der Waals surface area contributed by atoms with Crippen molar-refractivity contribution in [3.05, 3.63) is 47.9 Å². The van der Waals surface area contributed by atoms with Gasteiger partial charge in [0, 0.05) is 13.6 Å². The van der Waals surface area contributed by atoms with E-state index in [4.69, 9.17) is 4.74 Å². The zero-order chi connectivity index (χ0) is 14.4. The number of aromatic nitrogens is 2. The molecule has 0 aliphatic heterocycles. The maximum absolute atomic E-state index is 11.9. The van der Waals surface area contributed by atoms with Crippen LogP contribution in [0.1, 0.15) is 16.1 Å². The third-order valence-electron chi connectivity index (χ3n) is 2.73. The van der Waals surface area contributed by atoms with Crippen LogP contribution in [-0.2, 0) is 6.54 Å². The quantitative estimate of drug-likeness (QED) is 0.861. The van der Waals surface area contributed by atoms with E-state index in [0.717, 1.165) is 11.3 Å². The Bertz CT molecular complexity index is 584. The van der Waals surface area contributed by atoms with Gasteiger partial charge in [0.25, 0.3) is 5.91 Å². The minimum atomic E-state index is -0.261. The van der Waals surface area contributed by atoms with E-state index >= 15 is 0 Å². The van der Waals surface area contributed by atoms with Gasteiger partial charge in [0.1, 0.15) is 17.3 Å². The van der Waals surface area contributed by atoms with Crippen LogP contribution in [0.3, 0.4) is 0 Å². The predicted octanol–water partition coefficient (Wildman–Crippen LogP) is 1.46. The van der Waals surface area contributed by atoms with E-state index in [1.165, 1.54) is 12.4 Å². The van der Waals surface area contributed by atoms with E-state index in [-0.39, 0.29) is 11.6 Å². The number of carbonyl (C=O) groups is 1. The second-order valence-corrected chi connectivity index (χ2v) is 4.07. The lowest BCUT2D eigenvalue weighted by atomic mass is 10.2. The molecule has 0 aliphatic rings. The average Bonchev–Trinajstić information content (AvgIpc) is 2.53. The summed E-state index contributed by atoms with van der Waals surface area (Å²) in [6, 6.07) is 7.52. The molecule has 6 heteroatoms. The number of nitrogens with one attached hydrogen (secondary N) is 2. The highest BCUT2D eigenvalue weighted by molar-refractivity contribution is 5.91. The zero-order valence-corrected chi connectivity index (χ0v) is 11.4. The maximum atomic E-state index is 11.9. The molecule has 0 atom stereocenters. The number of nitrogens with zero attached hydrogens (tertiary/aromatic N) is 2. The van der Waals surface area contributed by atoms with Crippen molar-refractivity contribution in [1.82, 2.24) is 15.3 Å². The maximum Gasteiger partial charge on any atom is 0.271 e. The summed E-state index contributed by atoms with van der Waals surface area (Å²) in [5.41, 5.74) is 1.24. The molecule has 1 amide bonds. The molecule has 0 spiro atoms. The summed E-state index contributed by atoms with van der Waals surface area (Å²) in [6.07, 6.45) is 2.95. The first-order valence-electron chi connectivity index (χ1n) is 6.14. The normalized spacial score (nSPS) is 9.90. The standard InChI is InChI=1S/C14H16N4O2/c1-15-13-9-16-12(8-17-13)14(19)18-7-10-4-3-5-11(6-10)20-2/h3-6,8-9H,7H2,1-2H3,(H,15,17)(H,18,19). The van der Waals surface area contributed by atoms with Gasteiger partial charge < -0.3 is 15.4 Å². The Morgan fingerprint density at radius 3 is 2.80 bits per heavy atom. The second-order valence-electron chi connectivity index (χ2n) is 4.07. The highest BCUT2D eigenvalue weighted by Crippen LogP contribution is 2.12. The third kappa shape index (κ3) is 3.44. The lowest BCUT2D eigenvalue weighted by molar-refractivity contribution is 0.0945. The Kier molecular flexibility index (Phi) is 4.49. The molecule has 1 aromatic carbocycles. The van der Waals surface area contributed by atoms with Gasteiger partial charge in [0.05, 0.1) is 19.5 Å². The summed E-state index contributed by atoms with van der Waals surface area (Å²) < 4.78 is 5.13. The molecule has 0 aliphatic carbocycles. The van der Waals surface area contributed by atoms with Gasteiger partial charge in [0.15, 0.2) is 0 Å². The van der Waals surface area contributed by atoms with Gasteiger partial charge in [-0.15, -0.1) is 0 Å². The number of rotatable bonds is 5. The van der Waals surface area contributed by atoms with Crippen molar-refractivity contribution in [2.24, 2.45) is 0 Å². The lowest BCUT2D eigenvalue weighted by Gasteiger charge is -2.06. The van der Waals surface area contributed by atoms with Crippen molar-refractivity contribution in [2.75, 3.05) is 19.5 Å². The first-order valence-corrected chi connectivity index (χ1v) is 6.14. The monoisotopic (exact) mass is 272 g/mol. The van der Waals surface area contributed by atoms with Crippen LogP contribution in [0.25, 0.3) is 0 Å². The fraction of sp³-hybridized carbons (Fsp3) is 0.214. The largest absolute Gasteiger partial charge is 0.497 e. The van der Waals surface area contributed by atoms with Crippen molar-refractivity contribution in [1.29, 1.82) is 0 Å². The third-order valence-corrected chi connectivity index (χ3v) is 2.73. The van der Waals surface area contributed by atoms with Crippen LogP contribution in [0.2, 0.25) is 0 Å². The summed E-state index contributed by atoms with van der Waals surface area (Å²) in [6.45, 7) is 0.408. The SMILES string of the molecule is CNc1cnc(C(=O)NCc2cccc(OC)c2)cn1. The topological polar surface area (TPSA) is 76.1 Å². The molecule has 0 radical (unpaired) electrons. The molecule has 20 heavy (non-hydrogen) atoms. The molecule has 1 aromatic heterocycles. The molecule has 0 bridgehead atoms. The number of methoxy groups -OCH3 is 1. The Labute approximate surface area is 117 Å². The van der Waals surface area contributed by atoms with Gasteiger partial charge in [-0.1, -0.05) is 12.1 Å². The molecule has 6 nitrogen and oxygen atoms in total. The molecule has 1 heterocycles. The molecule has 2 rings (SSSR count). The first kappa shape index (κ1) is 13.8. The van der Waals surface area contributed by atoms with Crippen LogP contribution in [0.4, 0.5) is 5.82 Å². The molecule has 0 saturated carbocycles. The van der Waals surface area contributed by atoms with E-state index in [2.05, 4.69) is 20.6 Å². The van der Waals surface area contributed by atoms with Gasteiger partial charge in [-0.05, 0) is 17.7 Å². The minimum absolute atomic E-state index is 0.261. The predicted molar refractivity (Wildman–Crippen MR) is 75.7 cm³/mol. The zero-order valence-electron chi connectivity index (χ0n) is 11.4. The van der Waals surface area contributed by atoms with Crippen LogP contribution in [-0.4, -0.2) is 30.0 Å². The van der Waals surface area contributed by atoms with E-state index in [1.807, 2.05) is 24.3 Å². The fourth-order valence-corrected chi connectivity index (χ4v) is 1.63. The molecule has 0 unspecified atom stereocenters. The van der Waals surface area contributed by atoms with Gasteiger partial charge in [0.2, 0.25) is 0 Å². The van der Waals surface area contributed by atoms with Gasteiger partial charge in [-0.3, -0.25) is 4.79 Å². The molecule has 2 aromatic rings. The first-order chi connectivity index (χ1) is 9.72. The van der Waals surface area contributed by atoms with Crippen molar-refractivity contribution >= 4 is 11.7 Å². The molecule has 0 fully saturated rings. The Morgan fingerprint density at radius 1 is 1.30 bits per heavy atom. The van der Waals surface area contributed by atoms with Crippen LogP contribution in [0.15, 0.2) is 36.7 Å². The number of hydrogen-bond acceptors (Lipinski definition) is 5. The van der Waals surface area contributed by atoms with E-state index < -0.39 is 0 Å². The number of ether oxygens (including phenoxy) is 1. The Hall–Kier alpha value is -2.63. The molecule has 0 saturated heterocycles. The minimum Gasteiger partial charge on any atom is -0.497 e. The summed E-state index contributed by atoms with van der Waals surface area (Å²) in [4.78, 5) is 20.0. The van der Waals surface area contributed by atoms with E-state index in [9.17, 15) is 4.79 Å². The van der Waals surface area contributed by atoms with E-state index in [1.54, 1.807) is 14.2 Å². The van der Waals surface area contributed by atoms with Gasteiger partial charge in [-0.2, -0.15) is 0 Å². The highest BCUT2D eigenvalue weighted by atomic mass is 16.5. The highest BCUT2D eigenvalue weighted by Gasteiger charge is 2.07. The number of carbonyl (C=O) groups excluding carboxylic acids is 1.